The Hall–Kier alpha value is -2.35. The molecule has 3 rings (SSSR count). The minimum atomic E-state index is -1.68. The Labute approximate surface area is 152 Å². The summed E-state index contributed by atoms with van der Waals surface area (Å²) in [5.74, 6) is -5.47. The van der Waals surface area contributed by atoms with Gasteiger partial charge in [-0.2, -0.15) is 0 Å². The van der Waals surface area contributed by atoms with Crippen LogP contribution in [0, 0.1) is 23.4 Å². The molecule has 1 aliphatic rings. The van der Waals surface area contributed by atoms with Crippen LogP contribution < -0.4 is 5.32 Å². The van der Waals surface area contributed by atoms with E-state index >= 15 is 0 Å². The summed E-state index contributed by atoms with van der Waals surface area (Å²) in [6.45, 7) is 1.50. The van der Waals surface area contributed by atoms with Crippen LogP contribution >= 0.6 is 11.3 Å². The molecule has 0 radical (unpaired) electrons. The van der Waals surface area contributed by atoms with Crippen molar-refractivity contribution < 1.29 is 27.5 Å². The average Bonchev–Trinajstić information content (AvgIpc) is 3.03. The number of hydrogen-bond donors (Lipinski definition) is 1. The number of carbonyl (C=O) groups is 2. The van der Waals surface area contributed by atoms with Gasteiger partial charge in [-0.25, -0.2) is 18.0 Å². The lowest BCUT2D eigenvalue weighted by Gasteiger charge is -2.16. The first kappa shape index (κ1) is 18.4. The van der Waals surface area contributed by atoms with Crippen molar-refractivity contribution in [2.24, 2.45) is 5.92 Å². The Morgan fingerprint density at radius 1 is 1.27 bits per heavy atom. The first-order chi connectivity index (χ1) is 12.3. The Morgan fingerprint density at radius 3 is 2.81 bits per heavy atom. The van der Waals surface area contributed by atoms with E-state index in [9.17, 15) is 22.8 Å². The molecule has 0 bridgehead atoms. The van der Waals surface area contributed by atoms with Gasteiger partial charge >= 0.3 is 5.97 Å². The van der Waals surface area contributed by atoms with Crippen molar-refractivity contribution in [2.75, 3.05) is 11.9 Å². The van der Waals surface area contributed by atoms with Crippen molar-refractivity contribution in [1.29, 1.82) is 0 Å². The number of carbonyl (C=O) groups excluding carboxylic acids is 2. The third-order valence-corrected chi connectivity index (χ3v) is 5.39. The van der Waals surface area contributed by atoms with E-state index < -0.39 is 41.6 Å². The van der Waals surface area contributed by atoms with E-state index in [-0.39, 0.29) is 0 Å². The molecule has 26 heavy (non-hydrogen) atoms. The summed E-state index contributed by atoms with van der Waals surface area (Å²) in [6, 6.07) is 3.37. The standard InChI is InChI=1S/C18H16F3NO3S/c1-9-2-5-13-10(6-9)7-14(26-13)18(24)25-8-15(23)22-12-4-3-11(19)16(20)17(12)21/h3-4,7,9H,2,5-6,8H2,1H3,(H,22,23)/t9-/m0/s1. The summed E-state index contributed by atoms with van der Waals surface area (Å²) in [5, 5.41) is 2.05. The van der Waals surface area contributed by atoms with Gasteiger partial charge in [0.2, 0.25) is 0 Å². The van der Waals surface area contributed by atoms with Crippen LogP contribution in [0.1, 0.15) is 33.5 Å². The minimum Gasteiger partial charge on any atom is -0.451 e. The van der Waals surface area contributed by atoms with Gasteiger partial charge in [-0.05, 0) is 48.9 Å². The molecular weight excluding hydrogens is 367 g/mol. The maximum Gasteiger partial charge on any atom is 0.348 e. The molecule has 1 aromatic heterocycles. The molecule has 8 heteroatoms. The topological polar surface area (TPSA) is 55.4 Å². The molecule has 0 unspecified atom stereocenters. The van der Waals surface area contributed by atoms with E-state index in [2.05, 4.69) is 6.92 Å². The second-order valence-electron chi connectivity index (χ2n) is 6.25. The van der Waals surface area contributed by atoms with E-state index in [1.807, 2.05) is 5.32 Å². The molecule has 0 fully saturated rings. The van der Waals surface area contributed by atoms with Crippen LogP contribution in [-0.2, 0) is 22.4 Å². The summed E-state index contributed by atoms with van der Waals surface area (Å²) in [4.78, 5) is 25.4. The van der Waals surface area contributed by atoms with Gasteiger partial charge in [0.05, 0.1) is 5.69 Å². The SMILES string of the molecule is C[C@H]1CCc2sc(C(=O)OCC(=O)Nc3ccc(F)c(F)c3F)cc2C1. The molecule has 1 heterocycles. The quantitative estimate of drug-likeness (QED) is 0.639. The molecule has 1 N–H and O–H groups in total. The molecule has 1 amide bonds. The molecule has 0 aliphatic heterocycles. The number of rotatable bonds is 4. The minimum absolute atomic E-state index is 0.413. The Bertz CT molecular complexity index is 866. The second kappa shape index (κ2) is 7.49. The number of aryl methyl sites for hydroxylation is 1. The number of benzene rings is 1. The summed E-state index contributed by atoms with van der Waals surface area (Å²) in [7, 11) is 0. The number of thiophene rings is 1. The van der Waals surface area contributed by atoms with E-state index in [1.165, 1.54) is 11.3 Å². The fourth-order valence-electron chi connectivity index (χ4n) is 2.82. The van der Waals surface area contributed by atoms with Gasteiger partial charge in [0, 0.05) is 4.88 Å². The van der Waals surface area contributed by atoms with Gasteiger partial charge in [-0.1, -0.05) is 6.92 Å². The fourth-order valence-corrected chi connectivity index (χ4v) is 3.92. The van der Waals surface area contributed by atoms with Crippen LogP contribution in [0.15, 0.2) is 18.2 Å². The van der Waals surface area contributed by atoms with Crippen LogP contribution in [0.5, 0.6) is 0 Å². The van der Waals surface area contributed by atoms with Crippen LogP contribution in [0.3, 0.4) is 0 Å². The molecule has 1 aliphatic carbocycles. The molecule has 138 valence electrons. The first-order valence-corrected chi connectivity index (χ1v) is 8.89. The maximum atomic E-state index is 13.5. The number of ether oxygens (including phenoxy) is 1. The number of fused-ring (bicyclic) bond motifs is 1. The second-order valence-corrected chi connectivity index (χ2v) is 7.39. The van der Waals surface area contributed by atoms with E-state index in [4.69, 9.17) is 4.74 Å². The largest absolute Gasteiger partial charge is 0.451 e. The number of halogens is 3. The number of anilines is 1. The predicted octanol–water partition coefficient (Wildman–Crippen LogP) is 4.09. The van der Waals surface area contributed by atoms with E-state index in [0.29, 0.717) is 16.9 Å². The molecule has 0 spiro atoms. The van der Waals surface area contributed by atoms with Crippen molar-refractivity contribution in [1.82, 2.24) is 0 Å². The zero-order chi connectivity index (χ0) is 18.8. The molecule has 0 saturated carbocycles. The van der Waals surface area contributed by atoms with Crippen molar-refractivity contribution in [3.8, 4) is 0 Å². The van der Waals surface area contributed by atoms with Gasteiger partial charge in [0.15, 0.2) is 24.1 Å². The number of amides is 1. The van der Waals surface area contributed by atoms with Gasteiger partial charge in [0.25, 0.3) is 5.91 Å². The lowest BCUT2D eigenvalue weighted by Crippen LogP contribution is -2.21. The summed E-state index contributed by atoms with van der Waals surface area (Å²) >= 11 is 1.35. The number of esters is 1. The fraction of sp³-hybridized carbons (Fsp3) is 0.333. The highest BCUT2D eigenvalue weighted by Crippen LogP contribution is 2.32. The van der Waals surface area contributed by atoms with Crippen molar-refractivity contribution >= 4 is 28.9 Å². The lowest BCUT2D eigenvalue weighted by molar-refractivity contribution is -0.119. The predicted molar refractivity (Wildman–Crippen MR) is 90.7 cm³/mol. The van der Waals surface area contributed by atoms with Crippen molar-refractivity contribution in [3.63, 3.8) is 0 Å². The van der Waals surface area contributed by atoms with Crippen LogP contribution in [0.25, 0.3) is 0 Å². The Morgan fingerprint density at radius 2 is 2.04 bits per heavy atom. The zero-order valence-electron chi connectivity index (χ0n) is 13.9. The highest BCUT2D eigenvalue weighted by molar-refractivity contribution is 7.14. The Kier molecular flexibility index (Phi) is 5.31. The van der Waals surface area contributed by atoms with Gasteiger partial charge in [0.1, 0.15) is 4.88 Å². The number of hydrogen-bond acceptors (Lipinski definition) is 4. The highest BCUT2D eigenvalue weighted by atomic mass is 32.1. The number of nitrogens with one attached hydrogen (secondary N) is 1. The van der Waals surface area contributed by atoms with Gasteiger partial charge in [-0.3, -0.25) is 4.79 Å². The van der Waals surface area contributed by atoms with Gasteiger partial charge in [-0.15, -0.1) is 11.3 Å². The molecule has 1 aromatic carbocycles. The van der Waals surface area contributed by atoms with Gasteiger partial charge < -0.3 is 10.1 Å². The first-order valence-electron chi connectivity index (χ1n) is 8.07. The van der Waals surface area contributed by atoms with Crippen LogP contribution in [0.4, 0.5) is 18.9 Å². The van der Waals surface area contributed by atoms with Crippen LogP contribution in [0.2, 0.25) is 0 Å². The molecule has 0 saturated heterocycles. The summed E-state index contributed by atoms with van der Waals surface area (Å²) < 4.78 is 44.4. The van der Waals surface area contributed by atoms with Crippen molar-refractivity contribution in [2.45, 2.75) is 26.2 Å². The van der Waals surface area contributed by atoms with Crippen molar-refractivity contribution in [3.05, 3.63) is 51.0 Å². The van der Waals surface area contributed by atoms with Crippen LogP contribution in [-0.4, -0.2) is 18.5 Å². The maximum absolute atomic E-state index is 13.5. The smallest absolute Gasteiger partial charge is 0.348 e. The average molecular weight is 383 g/mol. The van der Waals surface area contributed by atoms with E-state index in [1.54, 1.807) is 6.07 Å². The summed E-state index contributed by atoms with van der Waals surface area (Å²) in [5.41, 5.74) is 0.611. The van der Waals surface area contributed by atoms with E-state index in [0.717, 1.165) is 35.8 Å². The monoisotopic (exact) mass is 383 g/mol. The molecule has 2 aromatic rings. The summed E-state index contributed by atoms with van der Waals surface area (Å²) in [6.07, 6.45) is 2.91. The normalized spacial score (nSPS) is 16.1. The lowest BCUT2D eigenvalue weighted by atomic mass is 9.90. The molecular formula is C18H16F3NO3S. The molecule has 4 nitrogen and oxygen atoms in total. The Balaban J connectivity index is 1.58. The molecule has 1 atom stereocenters. The third-order valence-electron chi connectivity index (χ3n) is 4.17. The zero-order valence-corrected chi connectivity index (χ0v) is 14.7. The third kappa shape index (κ3) is 3.90. The highest BCUT2D eigenvalue weighted by Gasteiger charge is 2.22.